The average molecular weight is 1300 g/mol. The van der Waals surface area contributed by atoms with E-state index in [4.69, 9.17) is 0 Å². The third-order valence-electron chi connectivity index (χ3n) is 18.6. The van der Waals surface area contributed by atoms with E-state index in [0.717, 1.165) is 0 Å². The number of nitrogens with one attached hydrogen (secondary N) is 4. The smallest absolute Gasteiger partial charge is 0.122 e. The quantitative estimate of drug-likeness (QED) is 0.116. The third kappa shape index (κ3) is 12.2. The zero-order valence-electron chi connectivity index (χ0n) is 54.7. The van der Waals surface area contributed by atoms with Gasteiger partial charge in [-0.1, -0.05) is 103 Å². The predicted octanol–water partition coefficient (Wildman–Crippen LogP) is 21.7. The number of H-pyrrole nitrogens is 4. The number of aromatic amines is 4. The molecule has 2 aromatic carbocycles. The van der Waals surface area contributed by atoms with Gasteiger partial charge in [0.25, 0.3) is 0 Å². The molecule has 0 saturated heterocycles. The van der Waals surface area contributed by atoms with Gasteiger partial charge < -0.3 is 64.4 Å². The molecule has 21 rings (SSSR count). The summed E-state index contributed by atoms with van der Waals surface area (Å²) in [6.07, 6.45) is 23.2. The van der Waals surface area contributed by atoms with Gasteiger partial charge in [-0.05, 0) is 164 Å². The number of imidazole rings is 2. The van der Waals surface area contributed by atoms with Crippen LogP contribution in [0.25, 0.3) is 115 Å². The lowest BCUT2D eigenvalue weighted by molar-refractivity contribution is 0.915. The molecule has 19 aromatic heterocycles. The molecule has 0 aliphatic carbocycles. The van der Waals surface area contributed by atoms with Gasteiger partial charge in [-0.2, -0.15) is 0 Å². The second kappa shape index (κ2) is 27.4. The second-order valence-corrected chi connectivity index (χ2v) is 24.8. The molecular formula is C84H92N14. The van der Waals surface area contributed by atoms with Gasteiger partial charge >= 0.3 is 0 Å². The number of nitrogens with zero attached hydrogens (tertiary/aromatic N) is 10. The van der Waals surface area contributed by atoms with Gasteiger partial charge in [-0.15, -0.1) is 0 Å². The lowest BCUT2D eigenvalue weighted by Crippen LogP contribution is -1.88. The van der Waals surface area contributed by atoms with Crippen molar-refractivity contribution in [3.63, 3.8) is 0 Å². The van der Waals surface area contributed by atoms with Crippen LogP contribution >= 0.6 is 0 Å². The summed E-state index contributed by atoms with van der Waals surface area (Å²) in [5.74, 6) is 0. The molecule has 14 nitrogen and oxygen atoms in total. The lowest BCUT2D eigenvalue weighted by atomic mass is 10.2. The summed E-state index contributed by atoms with van der Waals surface area (Å²) in [5, 5.41) is 9.09. The monoisotopic (exact) mass is 1300 g/mol. The van der Waals surface area contributed by atoms with E-state index < -0.39 is 0 Å². The number of aryl methyl sites for hydroxylation is 10. The van der Waals surface area contributed by atoms with Crippen LogP contribution in [0.2, 0.25) is 0 Å². The summed E-state index contributed by atoms with van der Waals surface area (Å²) in [7, 11) is 6.32. The van der Waals surface area contributed by atoms with Crippen LogP contribution in [0.4, 0.5) is 0 Å². The molecule has 0 fully saturated rings. The van der Waals surface area contributed by atoms with Crippen molar-refractivity contribution in [2.45, 2.75) is 78.2 Å². The lowest BCUT2D eigenvalue weighted by Gasteiger charge is -1.95. The number of fused-ring (bicyclic) bond motifs is 21. The fourth-order valence-electron chi connectivity index (χ4n) is 13.5. The fourth-order valence-corrected chi connectivity index (χ4v) is 13.5. The number of hydrogen-bond acceptors (Lipinski definition) is 0. The van der Waals surface area contributed by atoms with Crippen LogP contribution < -0.4 is 0 Å². The van der Waals surface area contributed by atoms with E-state index in [0.29, 0.717) is 0 Å². The first-order chi connectivity index (χ1) is 45.7. The van der Waals surface area contributed by atoms with E-state index in [1.54, 1.807) is 0 Å². The third-order valence-corrected chi connectivity index (χ3v) is 18.6. The minimum absolute atomic E-state index is 0. The van der Waals surface area contributed by atoms with Crippen LogP contribution in [0.1, 0.15) is 69.6 Å². The van der Waals surface area contributed by atoms with Crippen molar-refractivity contribution < 1.29 is 0 Å². The Morgan fingerprint density at radius 3 is 1.59 bits per heavy atom. The highest BCUT2D eigenvalue weighted by Crippen LogP contribution is 2.29. The Kier molecular flexibility index (Phi) is 18.9. The van der Waals surface area contributed by atoms with Crippen molar-refractivity contribution in [2.24, 2.45) is 21.1 Å². The van der Waals surface area contributed by atoms with Gasteiger partial charge in [-0.3, -0.25) is 0 Å². The summed E-state index contributed by atoms with van der Waals surface area (Å²) in [4.78, 5) is 13.3. The standard InChI is InChI=1S/3C12H12N2.4C11H10N2.4CH4/c1-9-8-14-11-6-4-3-5-10(11)7-12(14)13(9)2;1-9-7-10-11-5-3-4-6-14(11)8-12(10)13(9)2;1-9-7-12-11(13(9)2)8-10-5-3-4-6-14(10)12;1-8-10-6-9-4-2-3-5-13(9)11(10)7-12-8;1-8-6-9-7-13-5-3-2-4-10(13)11(9)12-8;1-8-6-9-7-10-4-2-3-5-13(10)11(9)12-8;1-8-6-13-7-9-4-2-3-5-10(9)11(13)12-8;;;;/h3*3-8H,1-2H3;4*2-7,12H,1H3;4*1H4. The van der Waals surface area contributed by atoms with Gasteiger partial charge in [0.05, 0.1) is 44.1 Å². The molecule has 0 aliphatic rings. The molecule has 0 bridgehead atoms. The van der Waals surface area contributed by atoms with E-state index in [1.807, 2.05) is 12.1 Å². The van der Waals surface area contributed by atoms with Crippen LogP contribution in [0.5, 0.6) is 0 Å². The number of pyridine rings is 5. The minimum Gasteiger partial charge on any atom is -0.363 e. The predicted molar refractivity (Wildman–Crippen MR) is 419 cm³/mol. The molecule has 0 radical (unpaired) electrons. The number of hydrogen-bond donors (Lipinski definition) is 4. The second-order valence-electron chi connectivity index (χ2n) is 24.8. The maximum atomic E-state index is 3.36. The summed E-state index contributed by atoms with van der Waals surface area (Å²) < 4.78 is 21.9. The molecule has 19 heterocycles. The van der Waals surface area contributed by atoms with Crippen molar-refractivity contribution in [3.05, 3.63) is 296 Å². The van der Waals surface area contributed by atoms with Gasteiger partial charge in [0.2, 0.25) is 0 Å². The maximum Gasteiger partial charge on any atom is 0.122 e. The molecule has 0 saturated carbocycles. The van der Waals surface area contributed by atoms with E-state index in [9.17, 15) is 0 Å². The van der Waals surface area contributed by atoms with Crippen LogP contribution in [0.15, 0.2) is 256 Å². The zero-order valence-corrected chi connectivity index (χ0v) is 54.7. The van der Waals surface area contributed by atoms with Crippen LogP contribution in [0, 0.1) is 48.5 Å². The molecule has 498 valence electrons. The van der Waals surface area contributed by atoms with Crippen molar-refractivity contribution >= 4 is 115 Å². The molecule has 4 N–H and O–H groups in total. The van der Waals surface area contributed by atoms with Crippen molar-refractivity contribution in [2.75, 3.05) is 0 Å². The Bertz CT molecular complexity index is 5730. The first-order valence-electron chi connectivity index (χ1n) is 32.0. The van der Waals surface area contributed by atoms with Crippen molar-refractivity contribution in [1.82, 2.24) is 64.4 Å². The summed E-state index contributed by atoms with van der Waals surface area (Å²) in [5.41, 5.74) is 26.3. The number of aromatic nitrogens is 14. The Morgan fingerprint density at radius 1 is 0.296 bits per heavy atom. The summed E-state index contributed by atoms with van der Waals surface area (Å²) in [6, 6.07) is 65.8. The molecule has 0 amide bonds. The molecule has 0 spiro atoms. The fraction of sp³-hybridized carbons (Fsp3) is 0.167. The first kappa shape index (κ1) is 67.5. The van der Waals surface area contributed by atoms with Crippen molar-refractivity contribution in [3.8, 4) is 0 Å². The van der Waals surface area contributed by atoms with E-state index in [-0.39, 0.29) is 29.7 Å². The first-order valence-corrected chi connectivity index (χ1v) is 32.0. The Hall–Kier alpha value is -11.9. The van der Waals surface area contributed by atoms with E-state index in [2.05, 4.69) is 378 Å². The highest BCUT2D eigenvalue weighted by atomic mass is 15.1. The van der Waals surface area contributed by atoms with E-state index in [1.165, 1.54) is 155 Å². The summed E-state index contributed by atoms with van der Waals surface area (Å²) in [6.45, 7) is 14.7. The molecule has 98 heavy (non-hydrogen) atoms. The van der Waals surface area contributed by atoms with Gasteiger partial charge in [0.15, 0.2) is 0 Å². The maximum absolute atomic E-state index is 3.36. The minimum atomic E-state index is 0. The van der Waals surface area contributed by atoms with Gasteiger partial charge in [0, 0.05) is 183 Å². The molecule has 21 aromatic rings. The highest BCUT2D eigenvalue weighted by Gasteiger charge is 2.12. The molecule has 0 aliphatic heterocycles. The van der Waals surface area contributed by atoms with Gasteiger partial charge in [0.1, 0.15) is 16.9 Å². The number of para-hydroxylation sites is 1. The van der Waals surface area contributed by atoms with Crippen LogP contribution in [0.3, 0.4) is 0 Å². The summed E-state index contributed by atoms with van der Waals surface area (Å²) >= 11 is 0. The topological polar surface area (TPSA) is 109 Å². The Balaban J connectivity index is 0.000000115. The Labute approximate surface area is 572 Å². The van der Waals surface area contributed by atoms with Crippen LogP contribution in [-0.2, 0) is 21.1 Å². The normalized spacial score (nSPS) is 11.0. The Morgan fingerprint density at radius 2 is 0.847 bits per heavy atom. The largest absolute Gasteiger partial charge is 0.363 e. The molecule has 0 atom stereocenters. The highest BCUT2D eigenvalue weighted by molar-refractivity contribution is 5.98. The molecule has 0 unspecified atom stereocenters. The molecular weight excluding hydrogens is 1210 g/mol. The number of rotatable bonds is 0. The van der Waals surface area contributed by atoms with E-state index >= 15 is 0 Å². The molecule has 14 heteroatoms. The van der Waals surface area contributed by atoms with Crippen LogP contribution in [-0.4, -0.2) is 64.4 Å². The number of benzene rings is 2. The van der Waals surface area contributed by atoms with Crippen molar-refractivity contribution in [1.29, 1.82) is 0 Å². The zero-order chi connectivity index (χ0) is 64.5. The SMILES string of the molecule is C.C.C.C.Cc1[nH]cc2c1cc1ccccn12.Cc1cc2c(cc3ccccn32)n1C.Cc1cc2c(cn3ccccc23)n1C.Cc1cc2cc3ccccn3c2[nH]1.Cc1cc2cn3ccccc3c2[nH]1.Cc1cn2c3ccccc3cc2n1C.Cc1cn2cc3ccccc3c2[nH]1. The average Bonchev–Trinajstić information content (AvgIpc) is 1.63. The van der Waals surface area contributed by atoms with Gasteiger partial charge in [-0.25, -0.2) is 0 Å².